The van der Waals surface area contributed by atoms with E-state index in [0.29, 0.717) is 17.0 Å². The lowest BCUT2D eigenvalue weighted by molar-refractivity contribution is 0.503. The van der Waals surface area contributed by atoms with E-state index >= 15 is 0 Å². The van der Waals surface area contributed by atoms with Crippen molar-refractivity contribution in [2.75, 3.05) is 0 Å². The summed E-state index contributed by atoms with van der Waals surface area (Å²) in [6.45, 7) is 2.02. The van der Waals surface area contributed by atoms with Gasteiger partial charge in [-0.25, -0.2) is 8.42 Å². The fraction of sp³-hybridized carbons (Fsp3) is 0.304. The van der Waals surface area contributed by atoms with Crippen molar-refractivity contribution in [2.45, 2.75) is 48.2 Å². The highest BCUT2D eigenvalue weighted by atomic mass is 32.2. The molecule has 4 aromatic rings. The minimum Gasteiger partial charge on any atom is -0.347 e. The molecule has 4 heterocycles. The maximum absolute atomic E-state index is 13.5. The van der Waals surface area contributed by atoms with E-state index in [1.165, 1.54) is 17.7 Å². The molecule has 2 aromatic carbocycles. The molecule has 0 radical (unpaired) electrons. The third-order valence-corrected chi connectivity index (χ3v) is 8.40. The van der Waals surface area contributed by atoms with Crippen molar-refractivity contribution in [3.63, 3.8) is 0 Å². The van der Waals surface area contributed by atoms with Gasteiger partial charge in [-0.1, -0.05) is 18.2 Å². The molecule has 2 aliphatic rings. The zero-order chi connectivity index (χ0) is 19.9. The molecule has 2 aliphatic heterocycles. The second-order valence-electron chi connectivity index (χ2n) is 8.48. The molecule has 5 nitrogen and oxygen atoms in total. The van der Waals surface area contributed by atoms with Gasteiger partial charge >= 0.3 is 0 Å². The van der Waals surface area contributed by atoms with Gasteiger partial charge in [-0.05, 0) is 55.2 Å². The molecule has 2 unspecified atom stereocenters. The quantitative estimate of drug-likeness (QED) is 0.526. The first-order valence-electron chi connectivity index (χ1n) is 10.1. The summed E-state index contributed by atoms with van der Waals surface area (Å²) in [7, 11) is -1.52. The van der Waals surface area contributed by atoms with E-state index in [4.69, 9.17) is 0 Å². The van der Waals surface area contributed by atoms with E-state index in [0.717, 1.165) is 40.2 Å². The zero-order valence-corrected chi connectivity index (χ0v) is 17.3. The minimum atomic E-state index is -3.63. The molecule has 2 aromatic heterocycles. The van der Waals surface area contributed by atoms with E-state index in [9.17, 15) is 8.42 Å². The zero-order valence-electron chi connectivity index (χ0n) is 16.5. The van der Waals surface area contributed by atoms with Crippen molar-refractivity contribution >= 4 is 31.6 Å². The Labute approximate surface area is 169 Å². The van der Waals surface area contributed by atoms with Crippen LogP contribution in [0, 0.1) is 6.92 Å². The summed E-state index contributed by atoms with van der Waals surface area (Å²) >= 11 is 0. The van der Waals surface area contributed by atoms with Gasteiger partial charge in [0.15, 0.2) is 0 Å². The Hall–Kier alpha value is -2.57. The Morgan fingerprint density at radius 2 is 1.93 bits per heavy atom. The largest absolute Gasteiger partial charge is 0.347 e. The number of hydrogen-bond acceptors (Lipinski definition) is 3. The van der Waals surface area contributed by atoms with Crippen LogP contribution >= 0.6 is 0 Å². The lowest BCUT2D eigenvalue weighted by atomic mass is 9.98. The van der Waals surface area contributed by atoms with Crippen LogP contribution in [-0.2, 0) is 23.3 Å². The fourth-order valence-electron chi connectivity index (χ4n) is 5.42. The lowest BCUT2D eigenvalue weighted by Crippen LogP contribution is -2.32. The minimum absolute atomic E-state index is 0.251. The molecule has 0 amide bonds. The van der Waals surface area contributed by atoms with Crippen molar-refractivity contribution in [1.29, 1.82) is 0 Å². The first-order chi connectivity index (χ1) is 13.9. The number of nitrogens with zero attached hydrogens (tertiary/aromatic N) is 1. The number of aromatic nitrogens is 2. The van der Waals surface area contributed by atoms with Crippen LogP contribution in [0.4, 0.5) is 0 Å². The average Bonchev–Trinajstić information content (AvgIpc) is 3.38. The van der Waals surface area contributed by atoms with Crippen LogP contribution < -0.4 is 5.32 Å². The number of nitrogens with one attached hydrogen (secondary N) is 2. The molecule has 1 saturated heterocycles. The third-order valence-electron chi connectivity index (χ3n) is 6.75. The first-order valence-corrected chi connectivity index (χ1v) is 11.6. The van der Waals surface area contributed by atoms with E-state index in [2.05, 4.69) is 21.9 Å². The molecule has 1 fully saturated rings. The van der Waals surface area contributed by atoms with Gasteiger partial charge in [0.25, 0.3) is 0 Å². The maximum Gasteiger partial charge on any atom is 0.221 e. The second-order valence-corrected chi connectivity index (χ2v) is 10.4. The van der Waals surface area contributed by atoms with E-state index in [1.807, 2.05) is 43.3 Å². The van der Waals surface area contributed by atoms with Crippen LogP contribution in [0.1, 0.15) is 35.7 Å². The molecule has 0 saturated carbocycles. The van der Waals surface area contributed by atoms with Gasteiger partial charge in [0.2, 0.25) is 9.84 Å². The Morgan fingerprint density at radius 3 is 2.76 bits per heavy atom. The van der Waals surface area contributed by atoms with E-state index in [1.54, 1.807) is 6.07 Å². The Balaban J connectivity index is 1.59. The summed E-state index contributed by atoms with van der Waals surface area (Å²) in [5, 5.41) is 5.94. The van der Waals surface area contributed by atoms with Crippen molar-refractivity contribution in [1.82, 2.24) is 14.9 Å². The predicted octanol–water partition coefficient (Wildman–Crippen LogP) is 4.15. The Bertz CT molecular complexity index is 1380. The summed E-state index contributed by atoms with van der Waals surface area (Å²) in [6.07, 6.45) is 3.32. The highest BCUT2D eigenvalue weighted by Crippen LogP contribution is 2.43. The van der Waals surface area contributed by atoms with Gasteiger partial charge in [-0.15, -0.1) is 0 Å². The number of H-pyrrole nitrogens is 1. The summed E-state index contributed by atoms with van der Waals surface area (Å²) in [6, 6.07) is 14.0. The molecule has 6 heteroatoms. The molecular weight excluding hydrogens is 382 g/mol. The van der Waals surface area contributed by atoms with Crippen LogP contribution in [0.15, 0.2) is 52.4 Å². The number of aryl methyl sites for hydroxylation is 2. The number of aromatic amines is 1. The van der Waals surface area contributed by atoms with Crippen LogP contribution in [-0.4, -0.2) is 24.0 Å². The van der Waals surface area contributed by atoms with Crippen LogP contribution in [0.2, 0.25) is 0 Å². The summed E-state index contributed by atoms with van der Waals surface area (Å²) in [4.78, 5) is 3.45. The molecule has 0 spiro atoms. The van der Waals surface area contributed by atoms with Crippen molar-refractivity contribution in [3.05, 3.63) is 59.3 Å². The van der Waals surface area contributed by atoms with Gasteiger partial charge in [-0.2, -0.15) is 0 Å². The monoisotopic (exact) mass is 405 g/mol. The van der Waals surface area contributed by atoms with Crippen molar-refractivity contribution < 1.29 is 8.42 Å². The van der Waals surface area contributed by atoms with Gasteiger partial charge in [0, 0.05) is 47.5 Å². The van der Waals surface area contributed by atoms with Crippen LogP contribution in [0.25, 0.3) is 21.8 Å². The lowest BCUT2D eigenvalue weighted by Gasteiger charge is -2.23. The molecule has 2 atom stereocenters. The topological polar surface area (TPSA) is 66.9 Å². The van der Waals surface area contributed by atoms with Gasteiger partial charge in [0.1, 0.15) is 5.03 Å². The second kappa shape index (κ2) is 5.74. The summed E-state index contributed by atoms with van der Waals surface area (Å²) in [5.41, 5.74) is 5.65. The number of benzene rings is 2. The van der Waals surface area contributed by atoms with Gasteiger partial charge < -0.3 is 14.9 Å². The molecule has 6 rings (SSSR count). The molecule has 2 bridgehead atoms. The van der Waals surface area contributed by atoms with Crippen molar-refractivity contribution in [3.8, 4) is 0 Å². The van der Waals surface area contributed by atoms with E-state index in [-0.39, 0.29) is 5.03 Å². The third kappa shape index (κ3) is 2.33. The molecule has 29 heavy (non-hydrogen) atoms. The first kappa shape index (κ1) is 17.3. The number of rotatable bonds is 2. The summed E-state index contributed by atoms with van der Waals surface area (Å²) in [5.74, 6) is 0. The highest BCUT2D eigenvalue weighted by molar-refractivity contribution is 7.91. The van der Waals surface area contributed by atoms with Gasteiger partial charge in [-0.3, -0.25) is 0 Å². The smallest absolute Gasteiger partial charge is 0.221 e. The van der Waals surface area contributed by atoms with Gasteiger partial charge in [0.05, 0.1) is 10.4 Å². The standard InChI is InChI=1S/C23H23N3O2S/c1-13-9-16(29(27,28)21-10-14-5-3-4-6-18(14)25-21)12-17-22-19-8-7-15(24-19)11-20(22)26(2)23(13)17/h3-6,9-10,12,15,19,24-25H,7-8,11H2,1-2H3. The predicted molar refractivity (Wildman–Crippen MR) is 114 cm³/mol. The Morgan fingerprint density at radius 1 is 1.10 bits per heavy atom. The maximum atomic E-state index is 13.5. The number of hydrogen-bond donors (Lipinski definition) is 2. The number of fused-ring (bicyclic) bond motifs is 7. The van der Waals surface area contributed by atoms with Crippen LogP contribution in [0.3, 0.4) is 0 Å². The normalized spacial score (nSPS) is 21.2. The average molecular weight is 406 g/mol. The molecule has 148 valence electrons. The molecular formula is C23H23N3O2S. The SMILES string of the molecule is Cc1cc(S(=O)(=O)c2cc3ccccc3[nH]2)cc2c3c(n(C)c12)CC1CCC3N1. The highest BCUT2D eigenvalue weighted by Gasteiger charge is 2.36. The molecule has 0 aliphatic carbocycles. The van der Waals surface area contributed by atoms with Crippen molar-refractivity contribution in [2.24, 2.45) is 7.05 Å². The molecule has 2 N–H and O–H groups in total. The van der Waals surface area contributed by atoms with E-state index < -0.39 is 9.84 Å². The number of sulfone groups is 1. The summed E-state index contributed by atoms with van der Waals surface area (Å²) < 4.78 is 29.2. The Kier molecular flexibility index (Phi) is 3.42. The fourth-order valence-corrected chi connectivity index (χ4v) is 6.80. The van der Waals surface area contributed by atoms with Crippen LogP contribution in [0.5, 0.6) is 0 Å². The number of para-hydroxylation sites is 1.